The highest BCUT2D eigenvalue weighted by atomic mass is 16.5. The SMILES string of the molecule is COC(Cc1ccc(OCCOC2c3ccc(-c4ccccc4)cc3C=Cc3ccc(C(C)c4ccccc4)cc32)cc1)C(=O)O. The minimum absolute atomic E-state index is 0.236. The fraction of sp³-hybridized carbons (Fsp3) is 0.195. The van der Waals surface area contributed by atoms with E-state index >= 15 is 0 Å². The van der Waals surface area contributed by atoms with Crippen LogP contribution in [0.1, 0.15) is 57.9 Å². The first-order valence-corrected chi connectivity index (χ1v) is 15.7. The number of rotatable bonds is 12. The summed E-state index contributed by atoms with van der Waals surface area (Å²) in [7, 11) is 1.41. The molecule has 3 atom stereocenters. The average molecular weight is 611 g/mol. The Morgan fingerprint density at radius 2 is 1.43 bits per heavy atom. The minimum atomic E-state index is -0.977. The molecule has 0 saturated heterocycles. The maximum absolute atomic E-state index is 11.3. The number of hydrogen-bond acceptors (Lipinski definition) is 4. The van der Waals surface area contributed by atoms with E-state index in [1.165, 1.54) is 29.4 Å². The van der Waals surface area contributed by atoms with E-state index < -0.39 is 12.1 Å². The summed E-state index contributed by atoms with van der Waals surface area (Å²) in [6.07, 6.45) is 3.53. The summed E-state index contributed by atoms with van der Waals surface area (Å²) in [5, 5.41) is 9.27. The maximum Gasteiger partial charge on any atom is 0.333 e. The lowest BCUT2D eigenvalue weighted by Gasteiger charge is -2.23. The van der Waals surface area contributed by atoms with Crippen molar-refractivity contribution in [2.24, 2.45) is 0 Å². The van der Waals surface area contributed by atoms with Crippen molar-refractivity contribution in [3.63, 3.8) is 0 Å². The first-order chi connectivity index (χ1) is 22.5. The maximum atomic E-state index is 11.3. The number of carboxylic acid groups (broad SMARTS) is 1. The Hall–Kier alpha value is -4.97. The van der Waals surface area contributed by atoms with E-state index in [9.17, 15) is 9.90 Å². The monoisotopic (exact) mass is 610 g/mol. The molecule has 0 amide bonds. The molecule has 1 aliphatic carbocycles. The Balaban J connectivity index is 1.24. The molecule has 5 heteroatoms. The molecular formula is C41H38O5. The van der Waals surface area contributed by atoms with E-state index in [4.69, 9.17) is 14.2 Å². The molecule has 46 heavy (non-hydrogen) atoms. The smallest absolute Gasteiger partial charge is 0.333 e. The van der Waals surface area contributed by atoms with E-state index in [1.807, 2.05) is 30.3 Å². The predicted molar refractivity (Wildman–Crippen MR) is 183 cm³/mol. The number of fused-ring (bicyclic) bond motifs is 2. The van der Waals surface area contributed by atoms with Gasteiger partial charge in [-0.2, -0.15) is 0 Å². The van der Waals surface area contributed by atoms with Crippen molar-refractivity contribution < 1.29 is 24.1 Å². The molecule has 6 rings (SSSR count). The Morgan fingerprint density at radius 3 is 2.15 bits per heavy atom. The van der Waals surface area contributed by atoms with E-state index in [0.717, 1.165) is 27.8 Å². The Morgan fingerprint density at radius 1 is 0.717 bits per heavy atom. The highest BCUT2D eigenvalue weighted by molar-refractivity contribution is 5.79. The van der Waals surface area contributed by atoms with Crippen LogP contribution >= 0.6 is 0 Å². The molecule has 1 N–H and O–H groups in total. The van der Waals surface area contributed by atoms with Gasteiger partial charge in [0, 0.05) is 19.4 Å². The molecule has 0 bridgehead atoms. The topological polar surface area (TPSA) is 65.0 Å². The second kappa shape index (κ2) is 14.4. The molecule has 5 aromatic carbocycles. The molecule has 5 nitrogen and oxygen atoms in total. The van der Waals surface area contributed by atoms with E-state index in [2.05, 4.69) is 110 Å². The van der Waals surface area contributed by atoms with Gasteiger partial charge in [-0.1, -0.05) is 122 Å². The predicted octanol–water partition coefficient (Wildman–Crippen LogP) is 8.82. The van der Waals surface area contributed by atoms with Crippen LogP contribution in [0.25, 0.3) is 23.3 Å². The van der Waals surface area contributed by atoms with Gasteiger partial charge in [-0.05, 0) is 68.3 Å². The van der Waals surface area contributed by atoms with E-state index in [-0.39, 0.29) is 12.0 Å². The lowest BCUT2D eigenvalue weighted by atomic mass is 9.88. The third-order valence-electron chi connectivity index (χ3n) is 8.65. The molecule has 0 saturated carbocycles. The first kappa shape index (κ1) is 31.0. The summed E-state index contributed by atoms with van der Waals surface area (Å²) in [5.41, 5.74) is 10.3. The minimum Gasteiger partial charge on any atom is -0.491 e. The van der Waals surface area contributed by atoms with E-state index in [1.54, 1.807) is 0 Å². The summed E-state index contributed by atoms with van der Waals surface area (Å²) < 4.78 is 17.8. The molecule has 232 valence electrons. The van der Waals surface area contributed by atoms with Crippen LogP contribution in [-0.2, 0) is 20.7 Å². The molecule has 0 spiro atoms. The lowest BCUT2D eigenvalue weighted by molar-refractivity contribution is -0.148. The van der Waals surface area contributed by atoms with Gasteiger partial charge in [0.25, 0.3) is 0 Å². The van der Waals surface area contributed by atoms with Gasteiger partial charge in [-0.15, -0.1) is 0 Å². The van der Waals surface area contributed by atoms with Crippen molar-refractivity contribution in [1.29, 1.82) is 0 Å². The molecule has 0 radical (unpaired) electrons. The van der Waals surface area contributed by atoms with Crippen molar-refractivity contribution in [2.45, 2.75) is 31.5 Å². The quantitative estimate of drug-likeness (QED) is 0.143. The summed E-state index contributed by atoms with van der Waals surface area (Å²) in [6, 6.07) is 41.8. The second-order valence-corrected chi connectivity index (χ2v) is 11.6. The second-order valence-electron chi connectivity index (χ2n) is 11.6. The van der Waals surface area contributed by atoms with Crippen molar-refractivity contribution in [1.82, 2.24) is 0 Å². The van der Waals surface area contributed by atoms with Gasteiger partial charge >= 0.3 is 5.97 Å². The number of hydrogen-bond donors (Lipinski definition) is 1. The summed E-state index contributed by atoms with van der Waals surface area (Å²) in [5.74, 6) is -0.0403. The average Bonchev–Trinajstić information content (AvgIpc) is 3.25. The Kier molecular flexibility index (Phi) is 9.73. The lowest BCUT2D eigenvalue weighted by Crippen LogP contribution is -2.24. The molecule has 0 aliphatic heterocycles. The number of ether oxygens (including phenoxy) is 3. The van der Waals surface area contributed by atoms with Crippen LogP contribution in [0.4, 0.5) is 0 Å². The van der Waals surface area contributed by atoms with Crippen molar-refractivity contribution in [2.75, 3.05) is 20.3 Å². The van der Waals surface area contributed by atoms with Gasteiger partial charge in [-0.3, -0.25) is 0 Å². The molecule has 0 aromatic heterocycles. The van der Waals surface area contributed by atoms with Crippen LogP contribution in [0.5, 0.6) is 5.75 Å². The normalized spacial score (nSPS) is 14.9. The number of benzene rings is 5. The van der Waals surface area contributed by atoms with Crippen molar-refractivity contribution >= 4 is 18.1 Å². The third-order valence-corrected chi connectivity index (χ3v) is 8.65. The van der Waals surface area contributed by atoms with Gasteiger partial charge in [0.1, 0.15) is 18.5 Å². The Labute approximate surface area is 270 Å². The number of aliphatic carboxylic acids is 1. The van der Waals surface area contributed by atoms with Crippen LogP contribution in [-0.4, -0.2) is 37.5 Å². The van der Waals surface area contributed by atoms with Crippen LogP contribution in [0.15, 0.2) is 121 Å². The molecule has 0 fully saturated rings. The summed E-state index contributed by atoms with van der Waals surface area (Å²) in [6.45, 7) is 3.00. The van der Waals surface area contributed by atoms with Crippen molar-refractivity contribution in [3.8, 4) is 16.9 Å². The zero-order valence-corrected chi connectivity index (χ0v) is 26.1. The first-order valence-electron chi connectivity index (χ1n) is 15.7. The van der Waals surface area contributed by atoms with Gasteiger partial charge in [0.2, 0.25) is 0 Å². The molecule has 5 aromatic rings. The summed E-state index contributed by atoms with van der Waals surface area (Å²) >= 11 is 0. The molecule has 3 unspecified atom stereocenters. The zero-order valence-electron chi connectivity index (χ0n) is 26.1. The van der Waals surface area contributed by atoms with Crippen LogP contribution in [0, 0.1) is 0 Å². The highest BCUT2D eigenvalue weighted by Crippen LogP contribution is 2.39. The summed E-state index contributed by atoms with van der Waals surface area (Å²) in [4.78, 5) is 11.3. The van der Waals surface area contributed by atoms with Crippen LogP contribution < -0.4 is 4.74 Å². The molecular weight excluding hydrogens is 572 g/mol. The van der Waals surface area contributed by atoms with Crippen LogP contribution in [0.3, 0.4) is 0 Å². The van der Waals surface area contributed by atoms with E-state index in [0.29, 0.717) is 25.4 Å². The largest absolute Gasteiger partial charge is 0.491 e. The van der Waals surface area contributed by atoms with Crippen molar-refractivity contribution in [3.05, 3.63) is 160 Å². The highest BCUT2D eigenvalue weighted by Gasteiger charge is 2.24. The number of carboxylic acids is 1. The standard InChI is InChI=1S/C41H38O5/c1-28(30-9-5-3-6-10-30)33-17-15-32-16-18-35-26-34(31-11-7-4-8-12-31)19-22-37(35)40(38(32)27-33)46-24-23-45-36-20-13-29(14-21-36)25-39(44-2)41(42)43/h3-22,26-28,39-40H,23-25H2,1-2H3,(H,42,43). The van der Waals surface area contributed by atoms with Gasteiger partial charge in [0.15, 0.2) is 6.10 Å². The fourth-order valence-electron chi connectivity index (χ4n) is 6.00. The zero-order chi connectivity index (χ0) is 31.9. The third kappa shape index (κ3) is 7.12. The number of methoxy groups -OCH3 is 1. The molecule has 0 heterocycles. The van der Waals surface area contributed by atoms with Gasteiger partial charge in [0.05, 0.1) is 6.61 Å². The van der Waals surface area contributed by atoms with Gasteiger partial charge in [-0.25, -0.2) is 4.79 Å². The Bertz CT molecular complexity index is 1790. The van der Waals surface area contributed by atoms with Crippen LogP contribution in [0.2, 0.25) is 0 Å². The number of carbonyl (C=O) groups is 1. The fourth-order valence-corrected chi connectivity index (χ4v) is 6.00. The van der Waals surface area contributed by atoms with Gasteiger partial charge < -0.3 is 19.3 Å². The molecule has 1 aliphatic rings.